The van der Waals surface area contributed by atoms with Gasteiger partial charge >= 0.3 is 0 Å². The number of rotatable bonds is 5. The summed E-state index contributed by atoms with van der Waals surface area (Å²) in [6, 6.07) is 0. The summed E-state index contributed by atoms with van der Waals surface area (Å²) < 4.78 is 11.4. The molecule has 2 rings (SSSR count). The van der Waals surface area contributed by atoms with Crippen LogP contribution in [-0.4, -0.2) is 30.2 Å². The van der Waals surface area contributed by atoms with Gasteiger partial charge in [-0.3, -0.25) is 0 Å². The first-order valence-corrected chi connectivity index (χ1v) is 6.10. The van der Waals surface area contributed by atoms with Gasteiger partial charge in [0.15, 0.2) is 0 Å². The van der Waals surface area contributed by atoms with Crippen LogP contribution in [0, 0.1) is 5.92 Å². The van der Waals surface area contributed by atoms with Gasteiger partial charge in [0.25, 0.3) is 0 Å². The van der Waals surface area contributed by atoms with Crippen LogP contribution in [0.4, 0.5) is 0 Å². The van der Waals surface area contributed by atoms with E-state index in [-0.39, 0.29) is 0 Å². The van der Waals surface area contributed by atoms with E-state index >= 15 is 0 Å². The molecule has 76 valence electrons. The second-order valence-electron chi connectivity index (χ2n) is 3.99. The lowest BCUT2D eigenvalue weighted by Gasteiger charge is -2.40. The Kier molecular flexibility index (Phi) is 3.27. The van der Waals surface area contributed by atoms with Crippen molar-refractivity contribution in [3.63, 3.8) is 0 Å². The van der Waals surface area contributed by atoms with E-state index in [9.17, 15) is 0 Å². The minimum atomic E-state index is 0.295. The van der Waals surface area contributed by atoms with E-state index in [1.54, 1.807) is 0 Å². The Labute approximate surface area is 88.1 Å². The quantitative estimate of drug-likeness (QED) is 0.696. The van der Waals surface area contributed by atoms with Crippen molar-refractivity contribution >= 4 is 15.9 Å². The second kappa shape index (κ2) is 4.28. The zero-order valence-corrected chi connectivity index (χ0v) is 9.63. The zero-order chi connectivity index (χ0) is 9.26. The van der Waals surface area contributed by atoms with Gasteiger partial charge < -0.3 is 9.47 Å². The van der Waals surface area contributed by atoms with Gasteiger partial charge in [-0.2, -0.15) is 0 Å². The van der Waals surface area contributed by atoms with Crippen molar-refractivity contribution in [3.05, 3.63) is 0 Å². The molecule has 2 fully saturated rings. The van der Waals surface area contributed by atoms with Crippen LogP contribution < -0.4 is 0 Å². The summed E-state index contributed by atoms with van der Waals surface area (Å²) in [5.41, 5.74) is 0. The first kappa shape index (κ1) is 9.94. The summed E-state index contributed by atoms with van der Waals surface area (Å²) in [6.07, 6.45) is 4.49. The van der Waals surface area contributed by atoms with Crippen LogP contribution in [0.1, 0.15) is 26.2 Å². The molecule has 0 aromatic carbocycles. The highest BCUT2D eigenvalue weighted by molar-refractivity contribution is 9.09. The normalized spacial score (nSPS) is 38.8. The lowest BCUT2D eigenvalue weighted by atomic mass is 9.91. The third kappa shape index (κ3) is 2.45. The molecule has 13 heavy (non-hydrogen) atoms. The van der Waals surface area contributed by atoms with Crippen LogP contribution in [-0.2, 0) is 9.47 Å². The predicted molar refractivity (Wildman–Crippen MR) is 55.2 cm³/mol. The van der Waals surface area contributed by atoms with E-state index in [4.69, 9.17) is 9.47 Å². The Morgan fingerprint density at radius 1 is 1.31 bits per heavy atom. The molecule has 2 saturated carbocycles. The highest BCUT2D eigenvalue weighted by atomic mass is 79.9. The van der Waals surface area contributed by atoms with Gasteiger partial charge in [0.05, 0.1) is 12.2 Å². The van der Waals surface area contributed by atoms with Crippen molar-refractivity contribution in [2.24, 2.45) is 5.92 Å². The monoisotopic (exact) mass is 248 g/mol. The third-order valence-corrected chi connectivity index (χ3v) is 3.68. The predicted octanol–water partition coefficient (Wildman–Crippen LogP) is 2.35. The largest absolute Gasteiger partial charge is 0.375 e. The Balaban J connectivity index is 1.66. The van der Waals surface area contributed by atoms with Gasteiger partial charge in [-0.15, -0.1) is 0 Å². The SMILES string of the molecule is CCOC1C(Br)CC1OCC1CC1. The highest BCUT2D eigenvalue weighted by Gasteiger charge is 2.41. The fourth-order valence-corrected chi connectivity index (χ4v) is 2.50. The van der Waals surface area contributed by atoms with E-state index in [0.29, 0.717) is 17.0 Å². The van der Waals surface area contributed by atoms with E-state index in [1.807, 2.05) is 6.92 Å². The maximum atomic E-state index is 5.78. The van der Waals surface area contributed by atoms with Crippen LogP contribution in [0.3, 0.4) is 0 Å². The van der Waals surface area contributed by atoms with Gasteiger partial charge in [-0.1, -0.05) is 15.9 Å². The van der Waals surface area contributed by atoms with Crippen molar-refractivity contribution in [1.82, 2.24) is 0 Å². The molecule has 0 N–H and O–H groups in total. The lowest BCUT2D eigenvalue weighted by molar-refractivity contribution is -0.120. The Hall–Kier alpha value is 0.400. The van der Waals surface area contributed by atoms with Crippen LogP contribution in [0.2, 0.25) is 0 Å². The third-order valence-electron chi connectivity index (χ3n) is 2.78. The summed E-state index contributed by atoms with van der Waals surface area (Å²) in [6.45, 7) is 3.78. The molecule has 0 bridgehead atoms. The van der Waals surface area contributed by atoms with E-state index in [0.717, 1.165) is 25.6 Å². The molecule has 3 atom stereocenters. The molecule has 0 heterocycles. The van der Waals surface area contributed by atoms with E-state index in [2.05, 4.69) is 15.9 Å². The van der Waals surface area contributed by atoms with Crippen molar-refractivity contribution in [3.8, 4) is 0 Å². The van der Waals surface area contributed by atoms with Crippen LogP contribution in [0.5, 0.6) is 0 Å². The lowest BCUT2D eigenvalue weighted by Crippen LogP contribution is -2.50. The number of ether oxygens (including phenoxy) is 2. The molecule has 3 unspecified atom stereocenters. The minimum Gasteiger partial charge on any atom is -0.375 e. The second-order valence-corrected chi connectivity index (χ2v) is 5.16. The Morgan fingerprint density at radius 2 is 2.08 bits per heavy atom. The topological polar surface area (TPSA) is 18.5 Å². The van der Waals surface area contributed by atoms with Crippen molar-refractivity contribution in [2.75, 3.05) is 13.2 Å². The molecule has 0 aromatic heterocycles. The maximum Gasteiger partial charge on any atom is 0.0962 e. The van der Waals surface area contributed by atoms with Gasteiger partial charge in [0.1, 0.15) is 0 Å². The Bertz CT molecular complexity index is 170. The summed E-state index contributed by atoms with van der Waals surface area (Å²) in [5, 5.41) is 0. The summed E-state index contributed by atoms with van der Waals surface area (Å²) >= 11 is 3.59. The molecular formula is C10H17BrO2. The van der Waals surface area contributed by atoms with Gasteiger partial charge in [-0.05, 0) is 32.1 Å². The smallest absolute Gasteiger partial charge is 0.0962 e. The molecule has 2 aliphatic carbocycles. The van der Waals surface area contributed by atoms with E-state index in [1.165, 1.54) is 12.8 Å². The maximum absolute atomic E-state index is 5.78. The fourth-order valence-electron chi connectivity index (χ4n) is 1.64. The van der Waals surface area contributed by atoms with Crippen LogP contribution >= 0.6 is 15.9 Å². The van der Waals surface area contributed by atoms with Gasteiger partial charge in [-0.25, -0.2) is 0 Å². The van der Waals surface area contributed by atoms with Gasteiger partial charge in [0.2, 0.25) is 0 Å². The average Bonchev–Trinajstić information content (AvgIpc) is 2.91. The van der Waals surface area contributed by atoms with Crippen LogP contribution in [0.15, 0.2) is 0 Å². The fraction of sp³-hybridized carbons (Fsp3) is 1.00. The van der Waals surface area contributed by atoms with Gasteiger partial charge in [0, 0.05) is 18.0 Å². The molecule has 0 spiro atoms. The number of hydrogen-bond donors (Lipinski definition) is 0. The summed E-state index contributed by atoms with van der Waals surface area (Å²) in [4.78, 5) is 0.511. The molecular weight excluding hydrogens is 232 g/mol. The van der Waals surface area contributed by atoms with Crippen molar-refractivity contribution in [1.29, 1.82) is 0 Å². The first-order valence-electron chi connectivity index (χ1n) is 5.18. The molecule has 0 aromatic rings. The standard InChI is InChI=1S/C10H17BrO2/c1-2-12-10-8(11)5-9(10)13-6-7-3-4-7/h7-10H,2-6H2,1H3. The molecule has 3 heteroatoms. The first-order chi connectivity index (χ1) is 6.31. The van der Waals surface area contributed by atoms with Crippen molar-refractivity contribution in [2.45, 2.75) is 43.2 Å². The Morgan fingerprint density at radius 3 is 2.62 bits per heavy atom. The zero-order valence-electron chi connectivity index (χ0n) is 8.04. The minimum absolute atomic E-state index is 0.295. The average molecular weight is 249 g/mol. The number of halogens is 1. The highest BCUT2D eigenvalue weighted by Crippen LogP contribution is 2.36. The number of alkyl halides is 1. The summed E-state index contributed by atoms with van der Waals surface area (Å²) in [7, 11) is 0. The molecule has 0 amide bonds. The molecule has 0 aliphatic heterocycles. The summed E-state index contributed by atoms with van der Waals surface area (Å²) in [5.74, 6) is 0.858. The molecule has 0 saturated heterocycles. The van der Waals surface area contributed by atoms with E-state index < -0.39 is 0 Å². The molecule has 2 aliphatic rings. The molecule has 2 nitrogen and oxygen atoms in total. The number of hydrogen-bond acceptors (Lipinski definition) is 2. The van der Waals surface area contributed by atoms with Crippen molar-refractivity contribution < 1.29 is 9.47 Å². The molecule has 0 radical (unpaired) electrons. The van der Waals surface area contributed by atoms with Crippen LogP contribution in [0.25, 0.3) is 0 Å².